The Morgan fingerprint density at radius 1 is 1.55 bits per heavy atom. The van der Waals surface area contributed by atoms with Gasteiger partial charge in [0.15, 0.2) is 4.96 Å². The number of rotatable bonds is 5. The van der Waals surface area contributed by atoms with E-state index in [1.54, 1.807) is 13.8 Å². The molecule has 1 N–H and O–H groups in total. The van der Waals surface area contributed by atoms with Gasteiger partial charge in [0, 0.05) is 17.3 Å². The lowest BCUT2D eigenvalue weighted by Crippen LogP contribution is -2.40. The molecular formula is C13H17N3O3S. The molecule has 0 radical (unpaired) electrons. The maximum atomic E-state index is 11.9. The Kier molecular flexibility index (Phi) is 4.39. The molecule has 0 aliphatic heterocycles. The third-order valence-corrected chi connectivity index (χ3v) is 3.65. The van der Waals surface area contributed by atoms with Crippen molar-refractivity contribution < 1.29 is 14.3 Å². The van der Waals surface area contributed by atoms with Crippen LogP contribution < -0.4 is 5.32 Å². The average molecular weight is 295 g/mol. The van der Waals surface area contributed by atoms with Crippen LogP contribution >= 0.6 is 11.3 Å². The van der Waals surface area contributed by atoms with Crippen molar-refractivity contribution in [1.82, 2.24) is 14.7 Å². The van der Waals surface area contributed by atoms with Crippen LogP contribution in [0.5, 0.6) is 0 Å². The van der Waals surface area contributed by atoms with Crippen LogP contribution in [-0.4, -0.2) is 33.9 Å². The van der Waals surface area contributed by atoms with Gasteiger partial charge >= 0.3 is 5.97 Å². The molecule has 2 aromatic heterocycles. The van der Waals surface area contributed by atoms with Crippen molar-refractivity contribution in [2.45, 2.75) is 33.2 Å². The van der Waals surface area contributed by atoms with Crippen molar-refractivity contribution in [2.75, 3.05) is 6.61 Å². The summed E-state index contributed by atoms with van der Waals surface area (Å²) in [4.78, 5) is 28.6. The number of imidazole rings is 1. The second-order valence-corrected chi connectivity index (χ2v) is 5.32. The molecule has 1 atom stereocenters. The van der Waals surface area contributed by atoms with Crippen LogP contribution in [0.15, 0.2) is 11.6 Å². The van der Waals surface area contributed by atoms with Gasteiger partial charge < -0.3 is 10.1 Å². The van der Waals surface area contributed by atoms with Gasteiger partial charge in [-0.1, -0.05) is 0 Å². The summed E-state index contributed by atoms with van der Waals surface area (Å²) in [7, 11) is 0. The van der Waals surface area contributed by atoms with Crippen molar-refractivity contribution in [3.05, 3.63) is 23.0 Å². The molecule has 0 spiro atoms. The number of esters is 1. The van der Waals surface area contributed by atoms with E-state index in [9.17, 15) is 9.59 Å². The van der Waals surface area contributed by atoms with Crippen molar-refractivity contribution >= 4 is 28.2 Å². The first-order chi connectivity index (χ1) is 9.51. The van der Waals surface area contributed by atoms with Gasteiger partial charge in [-0.15, -0.1) is 11.3 Å². The molecule has 2 heterocycles. The van der Waals surface area contributed by atoms with Gasteiger partial charge in [0.05, 0.1) is 18.7 Å². The minimum absolute atomic E-state index is 0.208. The molecule has 0 saturated heterocycles. The van der Waals surface area contributed by atoms with E-state index in [-0.39, 0.29) is 12.3 Å². The highest BCUT2D eigenvalue weighted by atomic mass is 32.1. The number of carbonyl (C=O) groups excluding carboxylic acids is 2. The zero-order valence-electron chi connectivity index (χ0n) is 11.7. The van der Waals surface area contributed by atoms with Crippen LogP contribution in [0.1, 0.15) is 25.2 Å². The van der Waals surface area contributed by atoms with E-state index in [1.807, 2.05) is 22.9 Å². The van der Waals surface area contributed by atoms with Gasteiger partial charge in [0.25, 0.3) is 0 Å². The fraction of sp³-hybridized carbons (Fsp3) is 0.462. The quantitative estimate of drug-likeness (QED) is 0.844. The molecule has 0 aromatic carbocycles. The molecule has 7 heteroatoms. The molecule has 20 heavy (non-hydrogen) atoms. The van der Waals surface area contributed by atoms with E-state index >= 15 is 0 Å². The summed E-state index contributed by atoms with van der Waals surface area (Å²) in [6.45, 7) is 5.56. The number of hydrogen-bond acceptors (Lipinski definition) is 5. The molecule has 0 aliphatic carbocycles. The second-order valence-electron chi connectivity index (χ2n) is 4.48. The van der Waals surface area contributed by atoms with Gasteiger partial charge in [-0.05, 0) is 20.8 Å². The Morgan fingerprint density at radius 2 is 2.30 bits per heavy atom. The SMILES string of the molecule is CCOC(=O)C(C)NC(=O)Cc1csc2nc(C)cn12. The predicted molar refractivity (Wildman–Crippen MR) is 75.7 cm³/mol. The lowest BCUT2D eigenvalue weighted by Gasteiger charge is -2.12. The van der Waals surface area contributed by atoms with E-state index < -0.39 is 12.0 Å². The van der Waals surface area contributed by atoms with Crippen LogP contribution in [0.25, 0.3) is 4.96 Å². The monoisotopic (exact) mass is 295 g/mol. The number of carbonyl (C=O) groups is 2. The molecule has 0 bridgehead atoms. The molecule has 0 fully saturated rings. The molecule has 2 aromatic rings. The number of ether oxygens (including phenoxy) is 1. The molecule has 108 valence electrons. The van der Waals surface area contributed by atoms with Crippen molar-refractivity contribution in [2.24, 2.45) is 0 Å². The van der Waals surface area contributed by atoms with Crippen molar-refractivity contribution in [3.63, 3.8) is 0 Å². The number of thiazole rings is 1. The fourth-order valence-electron chi connectivity index (χ4n) is 1.85. The first-order valence-electron chi connectivity index (χ1n) is 6.39. The molecule has 0 aliphatic rings. The highest BCUT2D eigenvalue weighted by molar-refractivity contribution is 7.15. The Labute approximate surface area is 120 Å². The summed E-state index contributed by atoms with van der Waals surface area (Å²) in [5, 5.41) is 4.53. The lowest BCUT2D eigenvalue weighted by molar-refractivity contribution is -0.146. The minimum atomic E-state index is -0.638. The standard InChI is InChI=1S/C13H17N3O3S/c1-4-19-12(18)9(3)15-11(17)5-10-7-20-13-14-8(2)6-16(10)13/h6-7,9H,4-5H2,1-3H3,(H,15,17). The first kappa shape index (κ1) is 14.5. The number of nitrogens with one attached hydrogen (secondary N) is 1. The summed E-state index contributed by atoms with van der Waals surface area (Å²) in [6.07, 6.45) is 2.10. The number of fused-ring (bicyclic) bond motifs is 1. The zero-order chi connectivity index (χ0) is 14.7. The zero-order valence-corrected chi connectivity index (χ0v) is 12.5. The third kappa shape index (κ3) is 3.16. The second kappa shape index (κ2) is 6.04. The summed E-state index contributed by atoms with van der Waals surface area (Å²) < 4.78 is 6.74. The van der Waals surface area contributed by atoms with Crippen molar-refractivity contribution in [1.29, 1.82) is 0 Å². The molecule has 1 amide bonds. The molecule has 2 rings (SSSR count). The lowest BCUT2D eigenvalue weighted by atomic mass is 10.2. The number of aromatic nitrogens is 2. The average Bonchev–Trinajstić information content (AvgIpc) is 2.90. The molecule has 1 unspecified atom stereocenters. The number of nitrogens with zero attached hydrogens (tertiary/aromatic N) is 2. The van der Waals surface area contributed by atoms with Crippen LogP contribution in [0.3, 0.4) is 0 Å². The van der Waals surface area contributed by atoms with Gasteiger partial charge in [0.2, 0.25) is 5.91 Å². The summed E-state index contributed by atoms with van der Waals surface area (Å²) in [6, 6.07) is -0.638. The molecule has 0 saturated carbocycles. The van der Waals surface area contributed by atoms with E-state index in [1.165, 1.54) is 11.3 Å². The third-order valence-electron chi connectivity index (χ3n) is 2.76. The first-order valence-corrected chi connectivity index (χ1v) is 7.27. The fourth-order valence-corrected chi connectivity index (χ4v) is 2.77. The number of hydrogen-bond donors (Lipinski definition) is 1. The van der Waals surface area contributed by atoms with E-state index in [0.717, 1.165) is 16.3 Å². The largest absolute Gasteiger partial charge is 0.464 e. The highest BCUT2D eigenvalue weighted by Gasteiger charge is 2.17. The topological polar surface area (TPSA) is 72.7 Å². The normalized spacial score (nSPS) is 12.3. The van der Waals surface area contributed by atoms with Crippen molar-refractivity contribution in [3.8, 4) is 0 Å². The van der Waals surface area contributed by atoms with E-state index in [2.05, 4.69) is 10.3 Å². The summed E-state index contributed by atoms with van der Waals surface area (Å²) in [5.41, 5.74) is 1.78. The minimum Gasteiger partial charge on any atom is -0.464 e. The van der Waals surface area contributed by atoms with Crippen LogP contribution in [0.4, 0.5) is 0 Å². The summed E-state index contributed by atoms with van der Waals surface area (Å²) in [5.74, 6) is -0.633. The maximum absolute atomic E-state index is 11.9. The predicted octanol–water partition coefficient (Wildman–Crippen LogP) is 1.31. The Hall–Kier alpha value is -1.89. The van der Waals surface area contributed by atoms with Crippen LogP contribution in [0.2, 0.25) is 0 Å². The number of amides is 1. The molecular weight excluding hydrogens is 278 g/mol. The van der Waals surface area contributed by atoms with E-state index in [0.29, 0.717) is 6.61 Å². The van der Waals surface area contributed by atoms with Gasteiger partial charge in [-0.3, -0.25) is 9.20 Å². The number of aryl methyl sites for hydroxylation is 1. The highest BCUT2D eigenvalue weighted by Crippen LogP contribution is 2.16. The van der Waals surface area contributed by atoms with Crippen LogP contribution in [-0.2, 0) is 20.7 Å². The van der Waals surface area contributed by atoms with Gasteiger partial charge in [0.1, 0.15) is 6.04 Å². The molecule has 6 nitrogen and oxygen atoms in total. The van der Waals surface area contributed by atoms with Crippen LogP contribution in [0, 0.1) is 6.92 Å². The smallest absolute Gasteiger partial charge is 0.328 e. The Morgan fingerprint density at radius 3 is 3.00 bits per heavy atom. The maximum Gasteiger partial charge on any atom is 0.328 e. The van der Waals surface area contributed by atoms with Gasteiger partial charge in [-0.25, -0.2) is 9.78 Å². The van der Waals surface area contributed by atoms with Gasteiger partial charge in [-0.2, -0.15) is 0 Å². The van der Waals surface area contributed by atoms with E-state index in [4.69, 9.17) is 4.74 Å². The summed E-state index contributed by atoms with van der Waals surface area (Å²) >= 11 is 1.49. The Bertz CT molecular complexity index is 632. The Balaban J connectivity index is 1.99.